The molecule has 0 spiro atoms. The van der Waals surface area contributed by atoms with Crippen molar-refractivity contribution in [3.05, 3.63) is 0 Å². The van der Waals surface area contributed by atoms with E-state index in [1.165, 1.54) is 0 Å². The van der Waals surface area contributed by atoms with Crippen molar-refractivity contribution in [1.29, 1.82) is 0 Å². The first-order valence-electron chi connectivity index (χ1n) is 5.77. The van der Waals surface area contributed by atoms with Crippen molar-refractivity contribution >= 4 is 6.09 Å². The van der Waals surface area contributed by atoms with Crippen LogP contribution in [0.2, 0.25) is 0 Å². The molecule has 2 unspecified atom stereocenters. The van der Waals surface area contributed by atoms with Gasteiger partial charge in [0.05, 0.1) is 6.54 Å². The van der Waals surface area contributed by atoms with Gasteiger partial charge in [0.1, 0.15) is 12.3 Å². The third-order valence-corrected chi connectivity index (χ3v) is 2.65. The molecular weight excluding hydrogens is 194 g/mol. The Bertz CT molecular complexity index is 208. The number of hydrogen-bond acceptors (Lipinski definition) is 3. The van der Waals surface area contributed by atoms with Gasteiger partial charge in [-0.1, -0.05) is 20.3 Å². The van der Waals surface area contributed by atoms with Crippen LogP contribution in [0.4, 0.5) is 4.79 Å². The van der Waals surface area contributed by atoms with Crippen LogP contribution in [0, 0.1) is 0 Å². The number of carbonyl (C=O) groups is 1. The number of carbonyl (C=O) groups excluding carboxylic acids is 1. The van der Waals surface area contributed by atoms with Gasteiger partial charge in [0.2, 0.25) is 0 Å². The fourth-order valence-corrected chi connectivity index (χ4v) is 1.54. The lowest BCUT2D eigenvalue weighted by atomic mass is 10.3. The van der Waals surface area contributed by atoms with Crippen molar-refractivity contribution in [3.8, 4) is 0 Å². The van der Waals surface area contributed by atoms with Gasteiger partial charge in [-0.2, -0.15) is 0 Å². The molecule has 1 aliphatic rings. The van der Waals surface area contributed by atoms with Crippen LogP contribution in [0.1, 0.15) is 40.0 Å². The van der Waals surface area contributed by atoms with Gasteiger partial charge in [-0.25, -0.2) is 4.79 Å². The molecule has 0 bridgehead atoms. The largest absolute Gasteiger partial charge is 0.444 e. The van der Waals surface area contributed by atoms with Gasteiger partial charge in [0.25, 0.3) is 0 Å². The van der Waals surface area contributed by atoms with Crippen LogP contribution >= 0.6 is 0 Å². The molecule has 0 radical (unpaired) electrons. The fourth-order valence-electron chi connectivity index (χ4n) is 1.54. The summed E-state index contributed by atoms with van der Waals surface area (Å²) in [4.78, 5) is 13.1. The molecule has 2 atom stereocenters. The number of ether oxygens (including phenoxy) is 2. The first-order chi connectivity index (χ1) is 7.19. The van der Waals surface area contributed by atoms with Gasteiger partial charge in [-0.3, -0.25) is 4.90 Å². The smallest absolute Gasteiger partial charge is 0.412 e. The highest BCUT2D eigenvalue weighted by molar-refractivity contribution is 5.70. The highest BCUT2D eigenvalue weighted by Crippen LogP contribution is 2.17. The molecule has 0 saturated carbocycles. The molecular formula is C11H21NO3. The van der Waals surface area contributed by atoms with E-state index in [1.807, 2.05) is 13.8 Å². The van der Waals surface area contributed by atoms with Crippen LogP contribution in [-0.2, 0) is 9.47 Å². The standard InChI is InChI=1S/C11H21NO3/c1-4-6-7-14-9(3)12-8-10(5-2)15-11(12)13/h9-10H,4-8H2,1-3H3. The second-order valence-corrected chi connectivity index (χ2v) is 3.89. The lowest BCUT2D eigenvalue weighted by molar-refractivity contribution is -0.0212. The average molecular weight is 215 g/mol. The minimum Gasteiger partial charge on any atom is -0.444 e. The Kier molecular flexibility index (Phi) is 4.88. The van der Waals surface area contributed by atoms with Crippen LogP contribution in [0.5, 0.6) is 0 Å². The van der Waals surface area contributed by atoms with E-state index in [0.29, 0.717) is 13.2 Å². The third-order valence-electron chi connectivity index (χ3n) is 2.65. The molecule has 1 aliphatic heterocycles. The van der Waals surface area contributed by atoms with E-state index >= 15 is 0 Å². The van der Waals surface area contributed by atoms with Crippen molar-refractivity contribution in [2.75, 3.05) is 13.2 Å². The zero-order valence-corrected chi connectivity index (χ0v) is 9.86. The van der Waals surface area contributed by atoms with E-state index in [4.69, 9.17) is 9.47 Å². The molecule has 1 amide bonds. The summed E-state index contributed by atoms with van der Waals surface area (Å²) in [5.74, 6) is 0. The Labute approximate surface area is 91.5 Å². The lowest BCUT2D eigenvalue weighted by Crippen LogP contribution is -2.36. The molecule has 1 heterocycles. The molecule has 0 N–H and O–H groups in total. The van der Waals surface area contributed by atoms with Crippen LogP contribution in [0.3, 0.4) is 0 Å². The number of cyclic esters (lactones) is 1. The summed E-state index contributed by atoms with van der Waals surface area (Å²) < 4.78 is 10.7. The minimum atomic E-state index is -0.245. The van der Waals surface area contributed by atoms with Gasteiger partial charge in [-0.05, 0) is 19.8 Å². The molecule has 4 nitrogen and oxygen atoms in total. The van der Waals surface area contributed by atoms with Gasteiger partial charge in [-0.15, -0.1) is 0 Å². The maximum atomic E-state index is 11.4. The topological polar surface area (TPSA) is 38.8 Å². The Hall–Kier alpha value is -0.770. The molecule has 1 fully saturated rings. The summed E-state index contributed by atoms with van der Waals surface area (Å²) in [6.07, 6.45) is 2.63. The maximum absolute atomic E-state index is 11.4. The summed E-state index contributed by atoms with van der Waals surface area (Å²) in [5.41, 5.74) is 0. The Morgan fingerprint density at radius 3 is 2.87 bits per heavy atom. The van der Waals surface area contributed by atoms with E-state index in [-0.39, 0.29) is 18.4 Å². The molecule has 0 aromatic rings. The average Bonchev–Trinajstić information content (AvgIpc) is 2.60. The van der Waals surface area contributed by atoms with Crippen molar-refractivity contribution in [2.45, 2.75) is 52.4 Å². The molecule has 88 valence electrons. The first-order valence-corrected chi connectivity index (χ1v) is 5.77. The van der Waals surface area contributed by atoms with Crippen molar-refractivity contribution < 1.29 is 14.3 Å². The zero-order chi connectivity index (χ0) is 11.3. The summed E-state index contributed by atoms with van der Waals surface area (Å²) in [5, 5.41) is 0. The van der Waals surface area contributed by atoms with Gasteiger partial charge in [0, 0.05) is 6.61 Å². The molecule has 0 aromatic heterocycles. The van der Waals surface area contributed by atoms with Crippen molar-refractivity contribution in [3.63, 3.8) is 0 Å². The first kappa shape index (κ1) is 12.3. The fraction of sp³-hybridized carbons (Fsp3) is 0.909. The molecule has 0 aromatic carbocycles. The molecule has 15 heavy (non-hydrogen) atoms. The summed E-state index contributed by atoms with van der Waals surface area (Å²) in [7, 11) is 0. The van der Waals surface area contributed by atoms with E-state index in [2.05, 4.69) is 6.92 Å². The highest BCUT2D eigenvalue weighted by atomic mass is 16.6. The number of unbranched alkanes of at least 4 members (excludes halogenated alkanes) is 1. The molecule has 0 aliphatic carbocycles. The molecule has 1 rings (SSSR count). The Morgan fingerprint density at radius 1 is 1.60 bits per heavy atom. The lowest BCUT2D eigenvalue weighted by Gasteiger charge is -2.21. The van der Waals surface area contributed by atoms with Crippen LogP contribution < -0.4 is 0 Å². The van der Waals surface area contributed by atoms with E-state index in [9.17, 15) is 4.79 Å². The maximum Gasteiger partial charge on any atom is 0.412 e. The second kappa shape index (κ2) is 5.95. The molecule has 1 saturated heterocycles. The second-order valence-electron chi connectivity index (χ2n) is 3.89. The van der Waals surface area contributed by atoms with E-state index in [0.717, 1.165) is 19.3 Å². The van der Waals surface area contributed by atoms with Crippen molar-refractivity contribution in [2.24, 2.45) is 0 Å². The van der Waals surface area contributed by atoms with E-state index < -0.39 is 0 Å². The summed E-state index contributed by atoms with van der Waals surface area (Å²) >= 11 is 0. The predicted octanol–water partition coefficient (Wildman–Crippen LogP) is 2.38. The quantitative estimate of drug-likeness (QED) is 0.638. The highest BCUT2D eigenvalue weighted by Gasteiger charge is 2.33. The Morgan fingerprint density at radius 2 is 2.33 bits per heavy atom. The monoisotopic (exact) mass is 215 g/mol. The number of rotatable bonds is 6. The third kappa shape index (κ3) is 3.38. The van der Waals surface area contributed by atoms with Crippen molar-refractivity contribution in [1.82, 2.24) is 4.90 Å². The summed E-state index contributed by atoms with van der Waals surface area (Å²) in [6, 6.07) is 0. The Balaban J connectivity index is 2.32. The number of amides is 1. The normalized spacial score (nSPS) is 23.0. The van der Waals surface area contributed by atoms with Crippen LogP contribution in [0.25, 0.3) is 0 Å². The van der Waals surface area contributed by atoms with Gasteiger partial charge in [0.15, 0.2) is 0 Å². The van der Waals surface area contributed by atoms with Gasteiger partial charge < -0.3 is 9.47 Å². The SMILES string of the molecule is CCCCOC(C)N1CC(CC)OC1=O. The van der Waals surface area contributed by atoms with Crippen LogP contribution in [-0.4, -0.2) is 36.5 Å². The predicted molar refractivity (Wildman–Crippen MR) is 57.6 cm³/mol. The zero-order valence-electron chi connectivity index (χ0n) is 9.86. The van der Waals surface area contributed by atoms with E-state index in [1.54, 1.807) is 4.90 Å². The van der Waals surface area contributed by atoms with Gasteiger partial charge >= 0.3 is 6.09 Å². The molecule has 4 heteroatoms. The summed E-state index contributed by atoms with van der Waals surface area (Å²) in [6.45, 7) is 7.39. The van der Waals surface area contributed by atoms with Crippen LogP contribution in [0.15, 0.2) is 0 Å². The minimum absolute atomic E-state index is 0.0368. The number of hydrogen-bond donors (Lipinski definition) is 0. The number of nitrogens with zero attached hydrogens (tertiary/aromatic N) is 1.